The van der Waals surface area contributed by atoms with Gasteiger partial charge < -0.3 is 0 Å². The van der Waals surface area contributed by atoms with Gasteiger partial charge in [0.2, 0.25) is 10.9 Å². The maximum atomic E-state index is 13.4. The standard InChI is InChI=1S/C27H31N3O7S5/c1-3-28-23(17-24-29(14-6-7-16-41(32,33)34)20-9-4-5-10-21(20)39-24)40-22(27(28)31)12-13-25-30(19(2)18-38-25)15-8-11-26(30)42(35,36)37/h4-5,9-10,12-13,17-18,26H,3,6-8,11,14-16H2,1-2H3/p+2. The van der Waals surface area contributed by atoms with E-state index >= 15 is 0 Å². The minimum Gasteiger partial charge on any atom is -0.299 e. The van der Waals surface area contributed by atoms with Crippen LogP contribution in [0.1, 0.15) is 44.5 Å². The summed E-state index contributed by atoms with van der Waals surface area (Å²) in [5, 5.41) is 2.64. The molecule has 4 heterocycles. The number of benzene rings is 1. The molecular formula is C27H33N3O7S5+2. The smallest absolute Gasteiger partial charge is 0.299 e. The molecule has 3 aromatic rings. The van der Waals surface area contributed by atoms with Crippen LogP contribution < -0.4 is 19.3 Å². The molecule has 2 aromatic heterocycles. The number of quaternary nitrogens is 1. The van der Waals surface area contributed by atoms with Crippen molar-refractivity contribution in [3.63, 3.8) is 0 Å². The van der Waals surface area contributed by atoms with Crippen molar-refractivity contribution in [2.45, 2.75) is 58.0 Å². The zero-order chi connectivity index (χ0) is 30.3. The summed E-state index contributed by atoms with van der Waals surface area (Å²) in [6.45, 7) is 5.37. The van der Waals surface area contributed by atoms with Gasteiger partial charge in [-0.1, -0.05) is 23.5 Å². The second-order valence-electron chi connectivity index (χ2n) is 10.3. The molecule has 5 rings (SSSR count). The van der Waals surface area contributed by atoms with E-state index in [4.69, 9.17) is 4.55 Å². The van der Waals surface area contributed by atoms with Crippen LogP contribution in [0.15, 0.2) is 51.3 Å². The van der Waals surface area contributed by atoms with E-state index in [9.17, 15) is 26.2 Å². The molecule has 0 radical (unpaired) electrons. The fourth-order valence-electron chi connectivity index (χ4n) is 5.75. The highest BCUT2D eigenvalue weighted by Crippen LogP contribution is 2.49. The average Bonchev–Trinajstić information content (AvgIpc) is 3.66. The van der Waals surface area contributed by atoms with Crippen molar-refractivity contribution in [1.29, 1.82) is 0 Å². The quantitative estimate of drug-likeness (QED) is 0.154. The Morgan fingerprint density at radius 2 is 1.88 bits per heavy atom. The first-order valence-corrected chi connectivity index (χ1v) is 19.2. The van der Waals surface area contributed by atoms with Crippen LogP contribution in [0.2, 0.25) is 0 Å². The predicted molar refractivity (Wildman–Crippen MR) is 168 cm³/mol. The second kappa shape index (κ2) is 12.1. The summed E-state index contributed by atoms with van der Waals surface area (Å²) in [6.07, 6.45) is 7.46. The maximum Gasteiger partial charge on any atom is 0.320 e. The normalized spacial score (nSPS) is 23.2. The van der Waals surface area contributed by atoms with E-state index in [1.807, 2.05) is 55.7 Å². The van der Waals surface area contributed by atoms with Crippen LogP contribution in [-0.2, 0) is 33.3 Å². The van der Waals surface area contributed by atoms with Crippen molar-refractivity contribution in [2.24, 2.45) is 0 Å². The summed E-state index contributed by atoms with van der Waals surface area (Å²) in [6, 6.07) is 7.93. The third-order valence-corrected chi connectivity index (χ3v) is 13.2. The lowest BCUT2D eigenvalue weighted by Gasteiger charge is -2.35. The van der Waals surface area contributed by atoms with Gasteiger partial charge in [0.15, 0.2) is 11.6 Å². The highest BCUT2D eigenvalue weighted by molar-refractivity contribution is 8.05. The molecule has 226 valence electrons. The first-order valence-electron chi connectivity index (χ1n) is 13.5. The monoisotopic (exact) mass is 671 g/mol. The van der Waals surface area contributed by atoms with Crippen LogP contribution in [0.25, 0.3) is 22.4 Å². The lowest BCUT2D eigenvalue weighted by atomic mass is 10.3. The van der Waals surface area contributed by atoms with E-state index in [2.05, 4.69) is 4.57 Å². The Morgan fingerprint density at radius 3 is 2.60 bits per heavy atom. The van der Waals surface area contributed by atoms with Crippen molar-refractivity contribution in [2.75, 3.05) is 12.3 Å². The van der Waals surface area contributed by atoms with Gasteiger partial charge in [0.1, 0.15) is 15.1 Å². The van der Waals surface area contributed by atoms with Crippen LogP contribution in [0.4, 0.5) is 0 Å². The number of fused-ring (bicyclic) bond motifs is 1. The van der Waals surface area contributed by atoms with E-state index in [1.165, 1.54) is 23.1 Å². The number of thiazole rings is 2. The van der Waals surface area contributed by atoms with E-state index < -0.39 is 25.6 Å². The third-order valence-electron chi connectivity index (χ3n) is 7.72. The number of unbranched alkanes of at least 4 members (excludes halogenated alkanes) is 1. The number of para-hydroxylation sites is 1. The average molecular weight is 672 g/mol. The third kappa shape index (κ3) is 6.11. The molecule has 2 N–H and O–H groups in total. The Bertz CT molecular complexity index is 1990. The van der Waals surface area contributed by atoms with Crippen molar-refractivity contribution in [3.8, 4) is 0 Å². The Balaban J connectivity index is 1.56. The number of hydrogen-bond acceptors (Lipinski definition) is 8. The molecule has 2 atom stereocenters. The largest absolute Gasteiger partial charge is 0.320 e. The summed E-state index contributed by atoms with van der Waals surface area (Å²) < 4.78 is 72.2. The molecule has 1 spiro atoms. The summed E-state index contributed by atoms with van der Waals surface area (Å²) in [5.41, 5.74) is 1.73. The number of thioether (sulfide) groups is 1. The fourth-order valence-corrected chi connectivity index (χ4v) is 11.1. The molecular weight excluding hydrogens is 639 g/mol. The van der Waals surface area contributed by atoms with Crippen LogP contribution in [0.3, 0.4) is 0 Å². The Hall–Kier alpha value is -2.11. The van der Waals surface area contributed by atoms with Crippen LogP contribution in [0.5, 0.6) is 0 Å². The van der Waals surface area contributed by atoms with Crippen LogP contribution in [-0.4, -0.2) is 52.7 Å². The Labute approximate surface area is 256 Å². The molecule has 0 saturated carbocycles. The van der Waals surface area contributed by atoms with E-state index in [0.717, 1.165) is 30.6 Å². The Kier molecular flexibility index (Phi) is 9.03. The highest BCUT2D eigenvalue weighted by atomic mass is 32.2. The molecule has 2 aliphatic rings. The van der Waals surface area contributed by atoms with Crippen molar-refractivity contribution in [1.82, 2.24) is 4.57 Å². The first kappa shape index (κ1) is 31.3. The molecule has 2 aliphatic heterocycles. The zero-order valence-corrected chi connectivity index (χ0v) is 27.3. The van der Waals surface area contributed by atoms with Crippen LogP contribution >= 0.6 is 34.4 Å². The van der Waals surface area contributed by atoms with Gasteiger partial charge in [-0.25, -0.2) is 4.48 Å². The molecule has 1 fully saturated rings. The summed E-state index contributed by atoms with van der Waals surface area (Å²) in [4.78, 5) is 13.4. The number of rotatable bonds is 9. The predicted octanol–water partition coefficient (Wildman–Crippen LogP) is 2.98. The number of aryl methyl sites for hydroxylation is 1. The molecule has 2 unspecified atom stereocenters. The molecule has 10 nitrogen and oxygen atoms in total. The van der Waals surface area contributed by atoms with Crippen molar-refractivity contribution >= 4 is 77.0 Å². The number of hydrogen-bond donors (Lipinski definition) is 2. The van der Waals surface area contributed by atoms with Gasteiger partial charge in [-0.05, 0) is 37.2 Å². The highest BCUT2D eigenvalue weighted by Gasteiger charge is 2.55. The van der Waals surface area contributed by atoms with Gasteiger partial charge in [-0.15, -0.1) is 11.3 Å². The van der Waals surface area contributed by atoms with E-state index in [0.29, 0.717) is 49.8 Å². The first-order chi connectivity index (χ1) is 19.8. The number of aromatic nitrogens is 2. The molecule has 0 amide bonds. The molecule has 42 heavy (non-hydrogen) atoms. The summed E-state index contributed by atoms with van der Waals surface area (Å²) >= 11 is 4.36. The number of allylic oxidation sites excluding steroid dienone is 2. The maximum absolute atomic E-state index is 13.4. The van der Waals surface area contributed by atoms with Gasteiger partial charge in [-0.2, -0.15) is 21.4 Å². The fraction of sp³-hybridized carbons (Fsp3) is 0.407. The van der Waals surface area contributed by atoms with Gasteiger partial charge in [0.05, 0.1) is 22.9 Å². The van der Waals surface area contributed by atoms with Gasteiger partial charge >= 0.3 is 10.1 Å². The van der Waals surface area contributed by atoms with Crippen LogP contribution in [0, 0.1) is 0 Å². The van der Waals surface area contributed by atoms with Gasteiger partial charge in [0.25, 0.3) is 20.7 Å². The minimum atomic E-state index is -4.27. The molecule has 0 aliphatic carbocycles. The second-order valence-corrected chi connectivity index (χ2v) is 16.5. The topological polar surface area (TPSA) is 135 Å². The van der Waals surface area contributed by atoms with Crippen molar-refractivity contribution < 1.29 is 35.0 Å². The van der Waals surface area contributed by atoms with Crippen molar-refractivity contribution in [3.05, 3.63) is 71.0 Å². The van der Waals surface area contributed by atoms with Gasteiger partial charge in [0, 0.05) is 50.3 Å². The lowest BCUT2D eigenvalue weighted by molar-refractivity contribution is -0.843. The SMILES string of the molecule is CCn1c(=Cc2sc3ccccc3[n+]2CCCCS(=O)(=O)O)sc(=CC=C2SC=C(C)[N+]23CCCC3S(=O)(=O)O)c1=O. The minimum absolute atomic E-state index is 0.0751. The summed E-state index contributed by atoms with van der Waals surface area (Å²) in [5.74, 6) is -0.290. The van der Waals surface area contributed by atoms with Gasteiger partial charge in [-0.3, -0.25) is 18.5 Å². The zero-order valence-electron chi connectivity index (χ0n) is 23.2. The molecule has 0 bridgehead atoms. The molecule has 1 saturated heterocycles. The summed E-state index contributed by atoms with van der Waals surface area (Å²) in [7, 11) is -8.29. The lowest BCUT2D eigenvalue weighted by Crippen LogP contribution is -2.49. The Morgan fingerprint density at radius 1 is 1.12 bits per heavy atom. The van der Waals surface area contributed by atoms with E-state index in [1.54, 1.807) is 22.0 Å². The molecule has 15 heteroatoms. The van der Waals surface area contributed by atoms with E-state index in [-0.39, 0.29) is 15.8 Å². The molecule has 1 aromatic carbocycles. The number of nitrogens with zero attached hydrogens (tertiary/aromatic N) is 3.